The van der Waals surface area contributed by atoms with Crippen molar-refractivity contribution in [2.24, 2.45) is 0 Å². The topological polar surface area (TPSA) is 71.1 Å². The van der Waals surface area contributed by atoms with Gasteiger partial charge in [0, 0.05) is 10.6 Å². The van der Waals surface area contributed by atoms with E-state index in [4.69, 9.17) is 11.6 Å². The fourth-order valence-corrected chi connectivity index (χ4v) is 3.29. The van der Waals surface area contributed by atoms with Crippen molar-refractivity contribution < 1.29 is 9.59 Å². The van der Waals surface area contributed by atoms with Crippen molar-refractivity contribution in [3.05, 3.63) is 64.1 Å². The number of hydrogen-bond acceptors (Lipinski definition) is 4. The van der Waals surface area contributed by atoms with Gasteiger partial charge < -0.3 is 10.6 Å². The predicted octanol–water partition coefficient (Wildman–Crippen LogP) is 3.38. The number of fused-ring (bicyclic) bond motifs is 1. The Hall–Kier alpha value is -2.44. The van der Waals surface area contributed by atoms with Gasteiger partial charge in [-0.15, -0.1) is 11.3 Å². The Balaban J connectivity index is 1.55. The second kappa shape index (κ2) is 7.63. The van der Waals surface area contributed by atoms with E-state index in [0.717, 1.165) is 15.2 Å². The molecule has 5 nitrogen and oxygen atoms in total. The van der Waals surface area contributed by atoms with Crippen LogP contribution in [0.4, 0.5) is 0 Å². The largest absolute Gasteiger partial charge is 0.348 e. The molecule has 0 saturated heterocycles. The van der Waals surface area contributed by atoms with E-state index < -0.39 is 6.04 Å². The molecule has 0 spiro atoms. The minimum atomic E-state index is -0.655. The molecular formula is C18H16ClN3O2S. The van der Waals surface area contributed by atoms with Crippen molar-refractivity contribution in [3.8, 4) is 0 Å². The molecule has 2 amide bonds. The lowest BCUT2D eigenvalue weighted by Gasteiger charge is -2.13. The van der Waals surface area contributed by atoms with Crippen LogP contribution in [-0.2, 0) is 11.3 Å². The number of rotatable bonds is 5. The van der Waals surface area contributed by atoms with E-state index in [-0.39, 0.29) is 11.8 Å². The lowest BCUT2D eigenvalue weighted by Crippen LogP contribution is -2.44. The second-order valence-corrected chi connectivity index (χ2v) is 7.05. The highest BCUT2D eigenvalue weighted by atomic mass is 35.5. The zero-order valence-electron chi connectivity index (χ0n) is 13.5. The normalized spacial score (nSPS) is 11.9. The van der Waals surface area contributed by atoms with E-state index in [1.165, 1.54) is 11.3 Å². The first-order valence-corrected chi connectivity index (χ1v) is 8.91. The molecule has 0 aliphatic rings. The summed E-state index contributed by atoms with van der Waals surface area (Å²) in [7, 11) is 0. The SMILES string of the molecule is CC(NC(=O)c1ccc(Cl)cc1)C(=O)NCc1nc2ccccc2s1. The molecule has 2 aromatic carbocycles. The average molecular weight is 374 g/mol. The fraction of sp³-hybridized carbons (Fsp3) is 0.167. The molecule has 0 aliphatic heterocycles. The first kappa shape index (κ1) is 17.4. The minimum absolute atomic E-state index is 0.262. The van der Waals surface area contributed by atoms with Crippen LogP contribution in [0.15, 0.2) is 48.5 Å². The van der Waals surface area contributed by atoms with Crippen molar-refractivity contribution in [2.45, 2.75) is 19.5 Å². The molecule has 1 unspecified atom stereocenters. The molecule has 128 valence electrons. The van der Waals surface area contributed by atoms with Crippen molar-refractivity contribution in [1.29, 1.82) is 0 Å². The molecule has 1 aromatic heterocycles. The number of carbonyl (C=O) groups excluding carboxylic acids is 2. The first-order valence-electron chi connectivity index (χ1n) is 7.71. The third-order valence-corrected chi connectivity index (χ3v) is 4.89. The summed E-state index contributed by atoms with van der Waals surface area (Å²) in [5.41, 5.74) is 1.37. The number of nitrogens with zero attached hydrogens (tertiary/aromatic N) is 1. The van der Waals surface area contributed by atoms with Gasteiger partial charge in [0.05, 0.1) is 16.8 Å². The quantitative estimate of drug-likeness (QED) is 0.720. The zero-order chi connectivity index (χ0) is 17.8. The highest BCUT2D eigenvalue weighted by Crippen LogP contribution is 2.21. The van der Waals surface area contributed by atoms with Crippen molar-refractivity contribution >= 4 is 45.0 Å². The van der Waals surface area contributed by atoms with E-state index in [0.29, 0.717) is 17.1 Å². The van der Waals surface area contributed by atoms with Crippen molar-refractivity contribution in [1.82, 2.24) is 15.6 Å². The molecular weight excluding hydrogens is 358 g/mol. The number of halogens is 1. The summed E-state index contributed by atoms with van der Waals surface area (Å²) in [6, 6.07) is 13.7. The molecule has 3 rings (SSSR count). The molecule has 7 heteroatoms. The molecule has 0 bridgehead atoms. The van der Waals surface area contributed by atoms with Crippen LogP contribution < -0.4 is 10.6 Å². The maximum atomic E-state index is 12.2. The van der Waals surface area contributed by atoms with E-state index in [9.17, 15) is 9.59 Å². The molecule has 0 aliphatic carbocycles. The van der Waals surface area contributed by atoms with Crippen LogP contribution in [0.3, 0.4) is 0 Å². The minimum Gasteiger partial charge on any atom is -0.348 e. The van der Waals surface area contributed by atoms with E-state index in [2.05, 4.69) is 15.6 Å². The number of thiazole rings is 1. The molecule has 2 N–H and O–H groups in total. The lowest BCUT2D eigenvalue weighted by atomic mass is 10.2. The fourth-order valence-electron chi connectivity index (χ4n) is 2.26. The van der Waals surface area contributed by atoms with Crippen molar-refractivity contribution in [3.63, 3.8) is 0 Å². The number of nitrogens with one attached hydrogen (secondary N) is 2. The number of amides is 2. The predicted molar refractivity (Wildman–Crippen MR) is 99.8 cm³/mol. The van der Waals surface area contributed by atoms with Crippen LogP contribution in [0.25, 0.3) is 10.2 Å². The van der Waals surface area contributed by atoms with Crippen molar-refractivity contribution in [2.75, 3.05) is 0 Å². The summed E-state index contributed by atoms with van der Waals surface area (Å²) in [4.78, 5) is 28.8. The molecule has 0 radical (unpaired) electrons. The smallest absolute Gasteiger partial charge is 0.251 e. The Kier molecular flexibility index (Phi) is 5.31. The molecule has 3 aromatic rings. The first-order chi connectivity index (χ1) is 12.0. The Bertz CT molecular complexity index is 875. The zero-order valence-corrected chi connectivity index (χ0v) is 15.0. The van der Waals surface area contributed by atoms with Gasteiger partial charge in [0.1, 0.15) is 11.0 Å². The van der Waals surface area contributed by atoms with Gasteiger partial charge in [-0.3, -0.25) is 9.59 Å². The van der Waals surface area contributed by atoms with Gasteiger partial charge in [-0.25, -0.2) is 4.98 Å². The molecule has 1 heterocycles. The molecule has 25 heavy (non-hydrogen) atoms. The summed E-state index contributed by atoms with van der Waals surface area (Å²) in [5, 5.41) is 6.84. The summed E-state index contributed by atoms with van der Waals surface area (Å²) >= 11 is 7.34. The third-order valence-electron chi connectivity index (χ3n) is 3.60. The van der Waals surface area contributed by atoms with Crippen LogP contribution >= 0.6 is 22.9 Å². The number of benzene rings is 2. The van der Waals surface area contributed by atoms with Crippen LogP contribution in [0, 0.1) is 0 Å². The van der Waals surface area contributed by atoms with Crippen LogP contribution in [-0.4, -0.2) is 22.8 Å². The summed E-state index contributed by atoms with van der Waals surface area (Å²) in [6.07, 6.45) is 0. The summed E-state index contributed by atoms with van der Waals surface area (Å²) in [5.74, 6) is -0.583. The molecule has 1 atom stereocenters. The van der Waals surface area contributed by atoms with Gasteiger partial charge in [0.25, 0.3) is 5.91 Å². The maximum Gasteiger partial charge on any atom is 0.251 e. The summed E-state index contributed by atoms with van der Waals surface area (Å²) < 4.78 is 1.08. The van der Waals surface area contributed by atoms with E-state index in [1.54, 1.807) is 31.2 Å². The Morgan fingerprint density at radius 3 is 2.60 bits per heavy atom. The number of para-hydroxylation sites is 1. The standard InChI is InChI=1S/C18H16ClN3O2S/c1-11(21-18(24)12-6-8-13(19)9-7-12)17(23)20-10-16-22-14-4-2-3-5-15(14)25-16/h2-9,11H,10H2,1H3,(H,20,23)(H,21,24). The maximum absolute atomic E-state index is 12.2. The Morgan fingerprint density at radius 1 is 1.16 bits per heavy atom. The highest BCUT2D eigenvalue weighted by molar-refractivity contribution is 7.18. The van der Waals surface area contributed by atoms with E-state index >= 15 is 0 Å². The Morgan fingerprint density at radius 2 is 1.88 bits per heavy atom. The molecule has 0 saturated carbocycles. The van der Waals surface area contributed by atoms with Gasteiger partial charge in [0.2, 0.25) is 5.91 Å². The lowest BCUT2D eigenvalue weighted by molar-refractivity contribution is -0.122. The van der Waals surface area contributed by atoms with Crippen LogP contribution in [0.2, 0.25) is 5.02 Å². The van der Waals surface area contributed by atoms with Gasteiger partial charge in [-0.1, -0.05) is 23.7 Å². The summed E-state index contributed by atoms with van der Waals surface area (Å²) in [6.45, 7) is 1.97. The number of carbonyl (C=O) groups is 2. The number of hydrogen-bond donors (Lipinski definition) is 2. The van der Waals surface area contributed by atoms with Gasteiger partial charge in [-0.2, -0.15) is 0 Å². The van der Waals surface area contributed by atoms with Crippen LogP contribution in [0.5, 0.6) is 0 Å². The molecule has 0 fully saturated rings. The highest BCUT2D eigenvalue weighted by Gasteiger charge is 2.17. The number of aromatic nitrogens is 1. The van der Waals surface area contributed by atoms with Gasteiger partial charge in [0.15, 0.2) is 0 Å². The van der Waals surface area contributed by atoms with Gasteiger partial charge >= 0.3 is 0 Å². The average Bonchev–Trinajstić information content (AvgIpc) is 3.03. The monoisotopic (exact) mass is 373 g/mol. The third kappa shape index (κ3) is 4.35. The van der Waals surface area contributed by atoms with Crippen LogP contribution in [0.1, 0.15) is 22.3 Å². The van der Waals surface area contributed by atoms with Gasteiger partial charge in [-0.05, 0) is 43.3 Å². The second-order valence-electron chi connectivity index (χ2n) is 5.50. The van der Waals surface area contributed by atoms with E-state index in [1.807, 2.05) is 24.3 Å². The Labute approximate surface area is 154 Å².